The van der Waals surface area contributed by atoms with Crippen molar-refractivity contribution in [2.24, 2.45) is 0 Å². The lowest BCUT2D eigenvalue weighted by atomic mass is 9.95. The smallest absolute Gasteiger partial charge is 0.301 e. The lowest BCUT2D eigenvalue weighted by molar-refractivity contribution is -0.132. The number of aliphatic hydroxyl groups excluding tert-OH is 1. The number of aliphatic hydroxyl groups is 1. The molecule has 0 saturated carbocycles. The summed E-state index contributed by atoms with van der Waals surface area (Å²) in [7, 11) is 0. The van der Waals surface area contributed by atoms with Gasteiger partial charge in [0.15, 0.2) is 5.82 Å². The quantitative estimate of drug-likeness (QED) is 0.202. The first-order chi connectivity index (χ1) is 16.9. The van der Waals surface area contributed by atoms with E-state index in [0.717, 1.165) is 6.42 Å². The molecule has 1 aromatic heterocycles. The lowest BCUT2D eigenvalue weighted by Gasteiger charge is -2.23. The SMILES string of the molecule is C=CCOc1ccc(C2/C(=C(\O)c3ccc(OCCC)cc3)C(=O)C(=O)N2c2cc(C)on2)cc1. The number of ketones is 1. The Morgan fingerprint density at radius 3 is 2.37 bits per heavy atom. The number of anilines is 1. The van der Waals surface area contributed by atoms with Crippen molar-refractivity contribution in [3.05, 3.63) is 89.7 Å². The number of amides is 1. The Labute approximate surface area is 203 Å². The summed E-state index contributed by atoms with van der Waals surface area (Å²) in [6.07, 6.45) is 2.50. The highest BCUT2D eigenvalue weighted by Gasteiger charge is 2.48. The Kier molecular flexibility index (Phi) is 7.01. The number of aryl methyl sites for hydroxylation is 1. The van der Waals surface area contributed by atoms with E-state index in [9.17, 15) is 14.7 Å². The molecule has 180 valence electrons. The van der Waals surface area contributed by atoms with Gasteiger partial charge in [0.2, 0.25) is 0 Å². The molecule has 0 radical (unpaired) electrons. The number of hydrogen-bond donors (Lipinski definition) is 1. The first-order valence-corrected chi connectivity index (χ1v) is 11.3. The van der Waals surface area contributed by atoms with Crippen molar-refractivity contribution >= 4 is 23.3 Å². The predicted molar refractivity (Wildman–Crippen MR) is 130 cm³/mol. The molecule has 35 heavy (non-hydrogen) atoms. The third kappa shape index (κ3) is 4.82. The molecule has 2 aromatic carbocycles. The molecular weight excluding hydrogens is 448 g/mol. The number of aromatic nitrogens is 1. The van der Waals surface area contributed by atoms with Crippen molar-refractivity contribution in [3.63, 3.8) is 0 Å². The van der Waals surface area contributed by atoms with Crippen molar-refractivity contribution in [1.29, 1.82) is 0 Å². The third-order valence-electron chi connectivity index (χ3n) is 5.47. The van der Waals surface area contributed by atoms with Gasteiger partial charge in [0.1, 0.15) is 29.6 Å². The van der Waals surface area contributed by atoms with Crippen LogP contribution in [0.2, 0.25) is 0 Å². The zero-order chi connectivity index (χ0) is 24.9. The monoisotopic (exact) mass is 474 g/mol. The Hall–Kier alpha value is -4.33. The number of benzene rings is 2. The first kappa shape index (κ1) is 23.8. The van der Waals surface area contributed by atoms with E-state index in [1.165, 1.54) is 4.90 Å². The zero-order valence-electron chi connectivity index (χ0n) is 19.6. The minimum Gasteiger partial charge on any atom is -0.507 e. The van der Waals surface area contributed by atoms with E-state index < -0.39 is 17.7 Å². The van der Waals surface area contributed by atoms with Crippen LogP contribution >= 0.6 is 0 Å². The van der Waals surface area contributed by atoms with Crippen LogP contribution in [0.4, 0.5) is 5.82 Å². The Morgan fingerprint density at radius 2 is 1.77 bits per heavy atom. The molecule has 1 fully saturated rings. The van der Waals surface area contributed by atoms with E-state index in [-0.39, 0.29) is 17.2 Å². The van der Waals surface area contributed by atoms with Crippen LogP contribution in [0.3, 0.4) is 0 Å². The highest BCUT2D eigenvalue weighted by Crippen LogP contribution is 2.42. The normalized spacial score (nSPS) is 17.0. The number of rotatable bonds is 9. The fourth-order valence-electron chi connectivity index (χ4n) is 3.84. The second-order valence-corrected chi connectivity index (χ2v) is 8.01. The van der Waals surface area contributed by atoms with E-state index in [4.69, 9.17) is 14.0 Å². The molecule has 4 rings (SSSR count). The summed E-state index contributed by atoms with van der Waals surface area (Å²) in [6.45, 7) is 8.24. The summed E-state index contributed by atoms with van der Waals surface area (Å²) >= 11 is 0. The average Bonchev–Trinajstić information content (AvgIpc) is 3.42. The number of Topliss-reactive ketones (excluding diaryl/α,β-unsaturated/α-hetero) is 1. The van der Waals surface area contributed by atoms with Gasteiger partial charge >= 0.3 is 5.91 Å². The number of nitrogens with zero attached hydrogens (tertiary/aromatic N) is 2. The third-order valence-corrected chi connectivity index (χ3v) is 5.47. The molecule has 0 bridgehead atoms. The van der Waals surface area contributed by atoms with Crippen LogP contribution in [0.1, 0.15) is 36.3 Å². The van der Waals surface area contributed by atoms with Crippen LogP contribution in [-0.2, 0) is 9.59 Å². The number of carbonyl (C=O) groups excluding carboxylic acids is 2. The molecule has 3 aromatic rings. The summed E-state index contributed by atoms with van der Waals surface area (Å²) in [4.78, 5) is 27.5. The Bertz CT molecular complexity index is 1260. The van der Waals surface area contributed by atoms with Crippen LogP contribution in [0.25, 0.3) is 5.76 Å². The summed E-state index contributed by atoms with van der Waals surface area (Å²) < 4.78 is 16.3. The maximum atomic E-state index is 13.2. The Balaban J connectivity index is 1.79. The summed E-state index contributed by atoms with van der Waals surface area (Å²) in [5.41, 5.74) is 0.942. The van der Waals surface area contributed by atoms with Gasteiger partial charge in [-0.15, -0.1) is 0 Å². The van der Waals surface area contributed by atoms with Crippen LogP contribution < -0.4 is 14.4 Å². The van der Waals surface area contributed by atoms with E-state index in [1.54, 1.807) is 67.6 Å². The van der Waals surface area contributed by atoms with Gasteiger partial charge < -0.3 is 19.1 Å². The summed E-state index contributed by atoms with van der Waals surface area (Å²) in [6, 6.07) is 14.3. The maximum absolute atomic E-state index is 13.2. The van der Waals surface area contributed by atoms with E-state index >= 15 is 0 Å². The summed E-state index contributed by atoms with van der Waals surface area (Å²) in [5.74, 6) is 0.0100. The fraction of sp³-hybridized carbons (Fsp3) is 0.222. The standard InChI is InChI=1S/C27H26N2O6/c1-4-14-33-20-10-6-18(7-11-20)24-23(25(30)19-8-12-21(13-9-19)34-15-5-2)26(31)27(32)29(24)22-16-17(3)35-28-22/h4,6-13,16,24,30H,1,5,14-15H2,2-3H3/b25-23+. The van der Waals surface area contributed by atoms with E-state index in [0.29, 0.717) is 41.6 Å². The highest BCUT2D eigenvalue weighted by atomic mass is 16.5. The number of ether oxygens (including phenoxy) is 2. The minimum atomic E-state index is -0.913. The average molecular weight is 475 g/mol. The fourth-order valence-corrected chi connectivity index (χ4v) is 3.84. The molecule has 1 atom stereocenters. The van der Waals surface area contributed by atoms with Crippen LogP contribution in [0.5, 0.6) is 11.5 Å². The van der Waals surface area contributed by atoms with Crippen LogP contribution in [0, 0.1) is 6.92 Å². The topological polar surface area (TPSA) is 102 Å². The molecule has 8 heteroatoms. The van der Waals surface area contributed by atoms with Gasteiger partial charge in [-0.1, -0.05) is 36.9 Å². The van der Waals surface area contributed by atoms with Crippen molar-refractivity contribution in [1.82, 2.24) is 5.16 Å². The van der Waals surface area contributed by atoms with Crippen molar-refractivity contribution in [2.75, 3.05) is 18.1 Å². The second-order valence-electron chi connectivity index (χ2n) is 8.01. The van der Waals surface area contributed by atoms with Gasteiger partial charge in [0.25, 0.3) is 5.78 Å². The maximum Gasteiger partial charge on any atom is 0.301 e. The molecule has 1 amide bonds. The van der Waals surface area contributed by atoms with Crippen LogP contribution in [-0.4, -0.2) is 35.2 Å². The number of hydrogen-bond acceptors (Lipinski definition) is 7. The lowest BCUT2D eigenvalue weighted by Crippen LogP contribution is -2.29. The van der Waals surface area contributed by atoms with Gasteiger partial charge in [0.05, 0.1) is 18.2 Å². The zero-order valence-corrected chi connectivity index (χ0v) is 19.6. The molecule has 1 N–H and O–H groups in total. The molecule has 1 aliphatic heterocycles. The molecule has 1 unspecified atom stereocenters. The molecule has 2 heterocycles. The molecular formula is C27H26N2O6. The van der Waals surface area contributed by atoms with Gasteiger partial charge in [-0.05, 0) is 55.3 Å². The van der Waals surface area contributed by atoms with Gasteiger partial charge in [-0.25, -0.2) is 0 Å². The van der Waals surface area contributed by atoms with E-state index in [1.807, 2.05) is 6.92 Å². The van der Waals surface area contributed by atoms with Gasteiger partial charge in [0, 0.05) is 11.6 Å². The second kappa shape index (κ2) is 10.3. The summed E-state index contributed by atoms with van der Waals surface area (Å²) in [5, 5.41) is 15.2. The number of carbonyl (C=O) groups is 2. The highest BCUT2D eigenvalue weighted by molar-refractivity contribution is 6.51. The largest absolute Gasteiger partial charge is 0.507 e. The minimum absolute atomic E-state index is 0.0439. The molecule has 1 aliphatic rings. The van der Waals surface area contributed by atoms with Gasteiger partial charge in [-0.2, -0.15) is 0 Å². The molecule has 8 nitrogen and oxygen atoms in total. The van der Waals surface area contributed by atoms with Crippen molar-refractivity contribution in [2.45, 2.75) is 26.3 Å². The van der Waals surface area contributed by atoms with E-state index in [2.05, 4.69) is 11.7 Å². The molecule has 1 saturated heterocycles. The van der Waals surface area contributed by atoms with Crippen molar-refractivity contribution in [3.8, 4) is 11.5 Å². The van der Waals surface area contributed by atoms with Crippen molar-refractivity contribution < 1.29 is 28.7 Å². The Morgan fingerprint density at radius 1 is 1.11 bits per heavy atom. The van der Waals surface area contributed by atoms with Crippen LogP contribution in [0.15, 0.2) is 77.3 Å². The molecule has 0 aliphatic carbocycles. The molecule has 0 spiro atoms. The first-order valence-electron chi connectivity index (χ1n) is 11.3. The predicted octanol–water partition coefficient (Wildman–Crippen LogP) is 4.96. The van der Waals surface area contributed by atoms with Gasteiger partial charge in [-0.3, -0.25) is 14.5 Å².